The Hall–Kier alpha value is -7.94. The predicted molar refractivity (Wildman–Crippen MR) is 230 cm³/mol. The first-order valence-electron chi connectivity index (χ1n) is 18.8. The first-order valence-corrected chi connectivity index (χ1v) is 18.8. The van der Waals surface area contributed by atoms with Crippen LogP contribution in [0, 0.1) is 11.3 Å². The first kappa shape index (κ1) is 33.6. The highest BCUT2D eigenvalue weighted by Crippen LogP contribution is 2.39. The van der Waals surface area contributed by atoms with Gasteiger partial charge in [-0.05, 0) is 93.0 Å². The fraction of sp³-hybridized carbons (Fsp3) is 0. The fourth-order valence-corrected chi connectivity index (χ4v) is 7.54. The molecule has 0 aliphatic carbocycles. The largest absolute Gasteiger partial charge is 0.456 e. The van der Waals surface area contributed by atoms with Crippen LogP contribution in [0.5, 0.6) is 0 Å². The zero-order valence-electron chi connectivity index (χ0n) is 30.7. The van der Waals surface area contributed by atoms with E-state index in [0.717, 1.165) is 72.0 Å². The van der Waals surface area contributed by atoms with E-state index in [9.17, 15) is 5.26 Å². The molecular formula is C52H32N4O. The maximum absolute atomic E-state index is 9.46. The van der Waals surface area contributed by atoms with E-state index in [-0.39, 0.29) is 0 Å². The van der Waals surface area contributed by atoms with Crippen molar-refractivity contribution in [3.8, 4) is 84.7 Å². The Morgan fingerprint density at radius 1 is 0.351 bits per heavy atom. The molecule has 5 heteroatoms. The lowest BCUT2D eigenvalue weighted by Gasteiger charge is -2.10. The molecule has 2 aromatic heterocycles. The predicted octanol–water partition coefficient (Wildman–Crippen LogP) is 13.3. The Labute approximate surface area is 329 Å². The number of hydrogen-bond acceptors (Lipinski definition) is 5. The van der Waals surface area contributed by atoms with Gasteiger partial charge in [0.1, 0.15) is 11.2 Å². The first-order chi connectivity index (χ1) is 28.2. The van der Waals surface area contributed by atoms with E-state index in [0.29, 0.717) is 23.0 Å². The number of nitriles is 1. The second kappa shape index (κ2) is 14.4. The smallest absolute Gasteiger partial charge is 0.164 e. The quantitative estimate of drug-likeness (QED) is 0.163. The molecule has 0 unspecified atom stereocenters. The minimum atomic E-state index is 0.557. The normalized spacial score (nSPS) is 11.1. The summed E-state index contributed by atoms with van der Waals surface area (Å²) in [7, 11) is 0. The molecule has 10 aromatic rings. The van der Waals surface area contributed by atoms with Crippen LogP contribution < -0.4 is 0 Å². The average molecular weight is 729 g/mol. The van der Waals surface area contributed by atoms with Crippen molar-refractivity contribution in [1.82, 2.24) is 15.0 Å². The molecule has 0 fully saturated rings. The maximum atomic E-state index is 9.46. The van der Waals surface area contributed by atoms with Crippen molar-refractivity contribution in [2.75, 3.05) is 0 Å². The molecule has 0 aliphatic rings. The second-order valence-electron chi connectivity index (χ2n) is 14.0. The summed E-state index contributed by atoms with van der Waals surface area (Å²) in [5, 5.41) is 11.6. The third-order valence-electron chi connectivity index (χ3n) is 10.3. The Kier molecular flexibility index (Phi) is 8.48. The third kappa shape index (κ3) is 6.52. The third-order valence-corrected chi connectivity index (χ3v) is 10.3. The molecule has 0 saturated heterocycles. The van der Waals surface area contributed by atoms with Gasteiger partial charge >= 0.3 is 0 Å². The number of hydrogen-bond donors (Lipinski definition) is 0. The molecule has 0 radical (unpaired) electrons. The van der Waals surface area contributed by atoms with Crippen molar-refractivity contribution in [2.45, 2.75) is 0 Å². The molecule has 0 aliphatic heterocycles. The Balaban J connectivity index is 1.06. The molecule has 0 saturated carbocycles. The van der Waals surface area contributed by atoms with Crippen molar-refractivity contribution in [3.05, 3.63) is 200 Å². The van der Waals surface area contributed by atoms with Gasteiger partial charge in [0.15, 0.2) is 17.5 Å². The molecule has 57 heavy (non-hydrogen) atoms. The highest BCUT2D eigenvalue weighted by Gasteiger charge is 2.17. The van der Waals surface area contributed by atoms with E-state index in [2.05, 4.69) is 109 Å². The summed E-state index contributed by atoms with van der Waals surface area (Å²) < 4.78 is 6.55. The van der Waals surface area contributed by atoms with Gasteiger partial charge in [0.2, 0.25) is 0 Å². The number of aromatic nitrogens is 3. The van der Waals surface area contributed by atoms with E-state index in [1.54, 1.807) is 0 Å². The van der Waals surface area contributed by atoms with Crippen LogP contribution in [0.25, 0.3) is 101 Å². The van der Waals surface area contributed by atoms with Crippen LogP contribution in [0.1, 0.15) is 5.56 Å². The van der Waals surface area contributed by atoms with Gasteiger partial charge in [-0.3, -0.25) is 0 Å². The van der Waals surface area contributed by atoms with Crippen LogP contribution in [0.15, 0.2) is 199 Å². The summed E-state index contributed by atoms with van der Waals surface area (Å²) >= 11 is 0. The van der Waals surface area contributed by atoms with Gasteiger partial charge in [0, 0.05) is 27.5 Å². The topological polar surface area (TPSA) is 75.6 Å². The van der Waals surface area contributed by atoms with E-state index in [1.807, 2.05) is 91.0 Å². The lowest BCUT2D eigenvalue weighted by Crippen LogP contribution is -2.00. The minimum absolute atomic E-state index is 0.557. The van der Waals surface area contributed by atoms with Crippen molar-refractivity contribution in [3.63, 3.8) is 0 Å². The van der Waals surface area contributed by atoms with Crippen LogP contribution in [-0.2, 0) is 0 Å². The Morgan fingerprint density at radius 3 is 1.49 bits per heavy atom. The summed E-state index contributed by atoms with van der Waals surface area (Å²) in [6.45, 7) is 0. The van der Waals surface area contributed by atoms with Gasteiger partial charge in [0.05, 0.1) is 11.6 Å². The molecule has 0 atom stereocenters. The minimum Gasteiger partial charge on any atom is -0.456 e. The van der Waals surface area contributed by atoms with Gasteiger partial charge in [-0.25, -0.2) is 15.0 Å². The van der Waals surface area contributed by atoms with Crippen LogP contribution in [0.3, 0.4) is 0 Å². The van der Waals surface area contributed by atoms with Crippen LogP contribution in [-0.4, -0.2) is 15.0 Å². The van der Waals surface area contributed by atoms with Crippen LogP contribution in [0.2, 0.25) is 0 Å². The molecule has 5 nitrogen and oxygen atoms in total. The van der Waals surface area contributed by atoms with E-state index in [4.69, 9.17) is 19.4 Å². The molecule has 0 amide bonds. The van der Waals surface area contributed by atoms with E-state index < -0.39 is 0 Å². The number of fused-ring (bicyclic) bond motifs is 3. The van der Waals surface area contributed by atoms with Crippen LogP contribution >= 0.6 is 0 Å². The van der Waals surface area contributed by atoms with Crippen molar-refractivity contribution in [2.24, 2.45) is 0 Å². The summed E-state index contributed by atoms with van der Waals surface area (Å²) in [6.07, 6.45) is 0. The van der Waals surface area contributed by atoms with Gasteiger partial charge in [-0.15, -0.1) is 0 Å². The lowest BCUT2D eigenvalue weighted by atomic mass is 9.96. The summed E-state index contributed by atoms with van der Waals surface area (Å²) in [6, 6.07) is 68.2. The molecule has 2 heterocycles. The number of rotatable bonds is 7. The SMILES string of the molecule is N#Cc1cccc(-c2cccc(-c3cccc(-c4nc(-c5ccccc5)nc(-c5ccc6c(c5)oc5cccc(-c7cccc(-c8ccccc8)c7)c56)n4)c3)c2)c1. The van der Waals surface area contributed by atoms with E-state index >= 15 is 0 Å². The highest BCUT2D eigenvalue weighted by molar-refractivity contribution is 6.13. The van der Waals surface area contributed by atoms with Gasteiger partial charge in [-0.2, -0.15) is 5.26 Å². The molecule has 0 bridgehead atoms. The van der Waals surface area contributed by atoms with Crippen molar-refractivity contribution < 1.29 is 4.42 Å². The van der Waals surface area contributed by atoms with Gasteiger partial charge in [0.25, 0.3) is 0 Å². The summed E-state index contributed by atoms with van der Waals surface area (Å²) in [4.78, 5) is 15.1. The maximum Gasteiger partial charge on any atom is 0.164 e. The molecular weight excluding hydrogens is 697 g/mol. The monoisotopic (exact) mass is 728 g/mol. The molecule has 0 N–H and O–H groups in total. The lowest BCUT2D eigenvalue weighted by molar-refractivity contribution is 0.669. The number of nitrogens with zero attached hydrogens (tertiary/aromatic N) is 4. The zero-order chi connectivity index (χ0) is 38.1. The van der Waals surface area contributed by atoms with Gasteiger partial charge in [-0.1, -0.05) is 146 Å². The second-order valence-corrected chi connectivity index (χ2v) is 14.0. The standard InChI is InChI=1S/C52H32N4O/c53-33-34-12-7-17-37(28-34)39-19-8-20-40(29-39)41-21-10-23-43(31-41)51-54-50(36-15-5-2-6-16-36)55-52(56-51)44-26-27-46-48(32-44)57-47-25-11-24-45(49(46)47)42-22-9-18-38(30-42)35-13-3-1-4-14-35/h1-32H. The Bertz CT molecular complexity index is 3140. The molecule has 10 rings (SSSR count). The molecule has 8 aromatic carbocycles. The van der Waals surface area contributed by atoms with E-state index in [1.165, 1.54) is 11.1 Å². The summed E-state index contributed by atoms with van der Waals surface area (Å²) in [5.41, 5.74) is 13.5. The van der Waals surface area contributed by atoms with Crippen LogP contribution in [0.4, 0.5) is 0 Å². The highest BCUT2D eigenvalue weighted by atomic mass is 16.3. The number of benzene rings is 8. The van der Waals surface area contributed by atoms with Gasteiger partial charge < -0.3 is 4.42 Å². The molecule has 266 valence electrons. The molecule has 0 spiro atoms. The average Bonchev–Trinajstić information content (AvgIpc) is 3.68. The Morgan fingerprint density at radius 2 is 0.825 bits per heavy atom. The van der Waals surface area contributed by atoms with Crippen molar-refractivity contribution >= 4 is 21.9 Å². The summed E-state index contributed by atoms with van der Waals surface area (Å²) in [5.74, 6) is 1.72. The van der Waals surface area contributed by atoms with Crippen molar-refractivity contribution in [1.29, 1.82) is 5.26 Å². The zero-order valence-corrected chi connectivity index (χ0v) is 30.7. The fourth-order valence-electron chi connectivity index (χ4n) is 7.54. The number of furan rings is 1.